The first-order valence-corrected chi connectivity index (χ1v) is 13.0. The van der Waals surface area contributed by atoms with E-state index in [9.17, 15) is 8.42 Å². The van der Waals surface area contributed by atoms with Gasteiger partial charge in [-0.05, 0) is 31.2 Å². The molecule has 0 bridgehead atoms. The van der Waals surface area contributed by atoms with Crippen LogP contribution in [0.2, 0.25) is 0 Å². The van der Waals surface area contributed by atoms with Crippen LogP contribution in [-0.4, -0.2) is 50.5 Å². The van der Waals surface area contributed by atoms with Gasteiger partial charge in [-0.1, -0.05) is 31.7 Å². The Morgan fingerprint density at radius 3 is 2.70 bits per heavy atom. The summed E-state index contributed by atoms with van der Waals surface area (Å²) in [7, 11) is -3.53. The standard InChI is InChI=1S/C22H26N6O3S2/c1-5-11-28-21(17-10-12-31-15(17)4)25-26-22(28)32-14-20-23-18-9-8-16(13-19(18)24-20)33(29,30)27(6-2)7-3/h5,8-10,12-13H,1,6-7,11,14H2,2-4H3,(H,23,24). The van der Waals surface area contributed by atoms with Crippen LogP contribution in [0.4, 0.5) is 0 Å². The van der Waals surface area contributed by atoms with Crippen molar-refractivity contribution in [2.45, 2.75) is 43.1 Å². The third kappa shape index (κ3) is 4.48. The van der Waals surface area contributed by atoms with Gasteiger partial charge in [0, 0.05) is 19.6 Å². The number of aromatic nitrogens is 5. The van der Waals surface area contributed by atoms with Crippen molar-refractivity contribution in [2.75, 3.05) is 13.1 Å². The quantitative estimate of drug-likeness (QED) is 0.264. The zero-order chi connectivity index (χ0) is 23.6. The van der Waals surface area contributed by atoms with Crippen LogP contribution in [0.25, 0.3) is 22.4 Å². The van der Waals surface area contributed by atoms with Gasteiger partial charge < -0.3 is 9.40 Å². The summed E-state index contributed by atoms with van der Waals surface area (Å²) in [6, 6.07) is 6.85. The summed E-state index contributed by atoms with van der Waals surface area (Å²) in [6.45, 7) is 10.8. The Hall–Kier alpha value is -2.89. The van der Waals surface area contributed by atoms with E-state index in [0.717, 1.165) is 28.1 Å². The van der Waals surface area contributed by atoms with E-state index < -0.39 is 10.0 Å². The molecule has 33 heavy (non-hydrogen) atoms. The molecule has 0 unspecified atom stereocenters. The largest absolute Gasteiger partial charge is 0.469 e. The number of aryl methyl sites for hydroxylation is 1. The molecule has 9 nitrogen and oxygen atoms in total. The van der Waals surface area contributed by atoms with E-state index in [2.05, 4.69) is 26.7 Å². The second kappa shape index (κ2) is 9.54. The Labute approximate surface area is 197 Å². The monoisotopic (exact) mass is 486 g/mol. The lowest BCUT2D eigenvalue weighted by Gasteiger charge is -2.18. The zero-order valence-electron chi connectivity index (χ0n) is 18.8. The van der Waals surface area contributed by atoms with Gasteiger partial charge in [-0.15, -0.1) is 16.8 Å². The van der Waals surface area contributed by atoms with Gasteiger partial charge in [-0.25, -0.2) is 13.4 Å². The number of rotatable bonds is 10. The third-order valence-corrected chi connectivity index (χ3v) is 8.34. The predicted molar refractivity (Wildman–Crippen MR) is 128 cm³/mol. The van der Waals surface area contributed by atoms with Gasteiger partial charge in [-0.2, -0.15) is 4.31 Å². The molecule has 0 atom stereocenters. The molecule has 0 aliphatic rings. The minimum Gasteiger partial charge on any atom is -0.469 e. The van der Waals surface area contributed by atoms with E-state index in [4.69, 9.17) is 4.42 Å². The van der Waals surface area contributed by atoms with Gasteiger partial charge in [0.2, 0.25) is 10.0 Å². The predicted octanol–water partition coefficient (Wildman–Crippen LogP) is 4.23. The third-order valence-electron chi connectivity index (χ3n) is 5.31. The molecule has 0 fully saturated rings. The molecule has 0 amide bonds. The Morgan fingerprint density at radius 1 is 1.24 bits per heavy atom. The van der Waals surface area contributed by atoms with Crippen molar-refractivity contribution in [3.8, 4) is 11.4 Å². The van der Waals surface area contributed by atoms with E-state index in [-0.39, 0.29) is 4.90 Å². The first-order valence-electron chi connectivity index (χ1n) is 10.6. The summed E-state index contributed by atoms with van der Waals surface area (Å²) in [5.74, 6) is 2.74. The zero-order valence-corrected chi connectivity index (χ0v) is 20.4. The van der Waals surface area contributed by atoms with Crippen molar-refractivity contribution in [3.05, 3.63) is 54.8 Å². The number of fused-ring (bicyclic) bond motifs is 1. The lowest BCUT2D eigenvalue weighted by Crippen LogP contribution is -2.30. The summed E-state index contributed by atoms with van der Waals surface area (Å²) >= 11 is 1.49. The minimum atomic E-state index is -3.53. The lowest BCUT2D eigenvalue weighted by molar-refractivity contribution is 0.445. The first-order chi connectivity index (χ1) is 15.9. The van der Waals surface area contributed by atoms with Crippen LogP contribution in [0.1, 0.15) is 25.4 Å². The maximum absolute atomic E-state index is 12.8. The number of allylic oxidation sites excluding steroid dienone is 1. The molecule has 0 saturated heterocycles. The van der Waals surface area contributed by atoms with Crippen molar-refractivity contribution in [3.63, 3.8) is 0 Å². The molecule has 0 aliphatic carbocycles. The first kappa shape index (κ1) is 23.3. The van der Waals surface area contributed by atoms with Gasteiger partial charge in [0.05, 0.1) is 33.5 Å². The average Bonchev–Trinajstić information content (AvgIpc) is 3.50. The van der Waals surface area contributed by atoms with E-state index in [0.29, 0.717) is 36.4 Å². The number of nitrogens with one attached hydrogen (secondary N) is 1. The van der Waals surface area contributed by atoms with Crippen LogP contribution < -0.4 is 0 Å². The smallest absolute Gasteiger partial charge is 0.243 e. The van der Waals surface area contributed by atoms with Crippen LogP contribution in [0.5, 0.6) is 0 Å². The van der Waals surface area contributed by atoms with Gasteiger partial charge in [0.15, 0.2) is 11.0 Å². The summed E-state index contributed by atoms with van der Waals surface area (Å²) < 4.78 is 34.5. The van der Waals surface area contributed by atoms with Gasteiger partial charge >= 0.3 is 0 Å². The maximum atomic E-state index is 12.8. The molecule has 174 valence electrons. The highest BCUT2D eigenvalue weighted by Crippen LogP contribution is 2.29. The fourth-order valence-electron chi connectivity index (χ4n) is 3.62. The minimum absolute atomic E-state index is 0.257. The highest BCUT2D eigenvalue weighted by atomic mass is 32.2. The molecule has 11 heteroatoms. The van der Waals surface area contributed by atoms with E-state index in [1.165, 1.54) is 16.1 Å². The number of hydrogen-bond acceptors (Lipinski definition) is 7. The van der Waals surface area contributed by atoms with Crippen LogP contribution in [0.15, 0.2) is 57.7 Å². The average molecular weight is 487 g/mol. The van der Waals surface area contributed by atoms with E-state index in [1.807, 2.05) is 31.4 Å². The van der Waals surface area contributed by atoms with Gasteiger partial charge in [0.1, 0.15) is 11.6 Å². The Balaban J connectivity index is 1.58. The highest BCUT2D eigenvalue weighted by Gasteiger charge is 2.22. The van der Waals surface area contributed by atoms with E-state index >= 15 is 0 Å². The molecule has 4 aromatic rings. The summed E-state index contributed by atoms with van der Waals surface area (Å²) in [5, 5.41) is 9.42. The van der Waals surface area contributed by atoms with Crippen LogP contribution >= 0.6 is 11.8 Å². The molecule has 3 aromatic heterocycles. The molecule has 0 radical (unpaired) electrons. The highest BCUT2D eigenvalue weighted by molar-refractivity contribution is 7.98. The van der Waals surface area contributed by atoms with Crippen molar-refractivity contribution in [1.82, 2.24) is 29.0 Å². The number of H-pyrrole nitrogens is 1. The maximum Gasteiger partial charge on any atom is 0.243 e. The molecular weight excluding hydrogens is 460 g/mol. The molecule has 1 aromatic carbocycles. The number of hydrogen-bond donors (Lipinski definition) is 1. The topological polar surface area (TPSA) is 110 Å². The number of sulfonamides is 1. The van der Waals surface area contributed by atoms with Crippen LogP contribution in [-0.2, 0) is 22.3 Å². The fraction of sp³-hybridized carbons (Fsp3) is 0.318. The van der Waals surface area contributed by atoms with Crippen molar-refractivity contribution in [1.29, 1.82) is 0 Å². The Bertz CT molecular complexity index is 1380. The molecule has 4 rings (SSSR count). The summed E-state index contributed by atoms with van der Waals surface area (Å²) in [6.07, 6.45) is 3.43. The number of imidazole rings is 1. The number of furan rings is 1. The van der Waals surface area contributed by atoms with Crippen LogP contribution in [0.3, 0.4) is 0 Å². The SMILES string of the molecule is C=CCn1c(SCc2nc3ccc(S(=O)(=O)N(CC)CC)cc3[nH]2)nnc1-c1ccoc1C. The number of thioether (sulfide) groups is 1. The normalized spacial score (nSPS) is 12.1. The Morgan fingerprint density at radius 2 is 2.03 bits per heavy atom. The Kier molecular flexibility index (Phi) is 6.73. The van der Waals surface area contributed by atoms with E-state index in [1.54, 1.807) is 30.5 Å². The number of nitrogens with zero attached hydrogens (tertiary/aromatic N) is 5. The summed E-state index contributed by atoms with van der Waals surface area (Å²) in [4.78, 5) is 8.10. The molecule has 3 heterocycles. The second-order valence-electron chi connectivity index (χ2n) is 7.34. The van der Waals surface area contributed by atoms with Crippen molar-refractivity contribution < 1.29 is 12.8 Å². The number of benzene rings is 1. The van der Waals surface area contributed by atoms with Crippen LogP contribution in [0, 0.1) is 6.92 Å². The molecule has 0 saturated carbocycles. The molecular formula is C22H26N6O3S2. The van der Waals surface area contributed by atoms with Crippen molar-refractivity contribution in [2.24, 2.45) is 0 Å². The molecule has 0 spiro atoms. The molecule has 0 aliphatic heterocycles. The number of aromatic amines is 1. The lowest BCUT2D eigenvalue weighted by atomic mass is 10.2. The van der Waals surface area contributed by atoms with Gasteiger partial charge in [0.25, 0.3) is 0 Å². The summed E-state index contributed by atoms with van der Waals surface area (Å²) in [5.41, 5.74) is 2.29. The molecule has 1 N–H and O–H groups in total. The van der Waals surface area contributed by atoms with Gasteiger partial charge in [-0.3, -0.25) is 4.57 Å². The second-order valence-corrected chi connectivity index (χ2v) is 10.2. The fourth-order valence-corrected chi connectivity index (χ4v) is 5.92. The van der Waals surface area contributed by atoms with Crippen molar-refractivity contribution >= 4 is 32.8 Å².